The first-order valence-corrected chi connectivity index (χ1v) is 10.6. The highest BCUT2D eigenvalue weighted by molar-refractivity contribution is 7.89. The number of amides is 1. The molecule has 0 aliphatic heterocycles. The Balaban J connectivity index is 2.33. The summed E-state index contributed by atoms with van der Waals surface area (Å²) >= 11 is 0. The van der Waals surface area contributed by atoms with Crippen LogP contribution in [0.3, 0.4) is 0 Å². The highest BCUT2D eigenvalue weighted by Gasteiger charge is 2.23. The van der Waals surface area contributed by atoms with Crippen molar-refractivity contribution in [1.82, 2.24) is 4.31 Å². The summed E-state index contributed by atoms with van der Waals surface area (Å²) < 4.78 is 27.1. The third kappa shape index (κ3) is 4.76. The molecule has 0 saturated carbocycles. The van der Waals surface area contributed by atoms with Crippen LogP contribution < -0.4 is 5.32 Å². The molecule has 0 saturated heterocycles. The molecule has 2 rings (SSSR count). The van der Waals surface area contributed by atoms with Crippen LogP contribution in [0.2, 0.25) is 0 Å². The van der Waals surface area contributed by atoms with Crippen molar-refractivity contribution in [3.8, 4) is 0 Å². The van der Waals surface area contributed by atoms with Gasteiger partial charge in [-0.05, 0) is 55.2 Å². The Morgan fingerprint density at radius 2 is 1.63 bits per heavy atom. The Morgan fingerprint density at radius 3 is 2.22 bits per heavy atom. The molecule has 6 heteroatoms. The fourth-order valence-corrected chi connectivity index (χ4v) is 4.56. The van der Waals surface area contributed by atoms with Gasteiger partial charge in [0.25, 0.3) is 0 Å². The van der Waals surface area contributed by atoms with Crippen molar-refractivity contribution in [3.63, 3.8) is 0 Å². The maximum Gasteiger partial charge on any atom is 0.243 e. The second kappa shape index (κ2) is 8.67. The van der Waals surface area contributed by atoms with Gasteiger partial charge >= 0.3 is 0 Å². The minimum Gasteiger partial charge on any atom is -0.326 e. The van der Waals surface area contributed by atoms with E-state index in [2.05, 4.69) is 5.32 Å². The van der Waals surface area contributed by atoms with Gasteiger partial charge in [0, 0.05) is 18.8 Å². The van der Waals surface area contributed by atoms with E-state index in [-0.39, 0.29) is 17.2 Å². The first-order valence-electron chi connectivity index (χ1n) is 9.16. The zero-order valence-electron chi connectivity index (χ0n) is 16.7. The van der Waals surface area contributed by atoms with Gasteiger partial charge in [-0.2, -0.15) is 4.31 Å². The van der Waals surface area contributed by atoms with Gasteiger partial charge < -0.3 is 5.32 Å². The maximum absolute atomic E-state index is 12.8. The van der Waals surface area contributed by atoms with Crippen LogP contribution in [-0.4, -0.2) is 31.7 Å². The van der Waals surface area contributed by atoms with Gasteiger partial charge in [-0.3, -0.25) is 4.79 Å². The molecule has 0 atom stereocenters. The van der Waals surface area contributed by atoms with E-state index >= 15 is 0 Å². The second-order valence-electron chi connectivity index (χ2n) is 6.65. The van der Waals surface area contributed by atoms with Crippen molar-refractivity contribution in [1.29, 1.82) is 0 Å². The summed E-state index contributed by atoms with van der Waals surface area (Å²) in [7, 11) is -3.58. The minimum absolute atomic E-state index is 0.163. The third-order valence-electron chi connectivity index (χ3n) is 4.87. The predicted molar refractivity (Wildman–Crippen MR) is 110 cm³/mol. The summed E-state index contributed by atoms with van der Waals surface area (Å²) in [5.74, 6) is -0.163. The second-order valence-corrected chi connectivity index (χ2v) is 8.59. The van der Waals surface area contributed by atoms with Crippen molar-refractivity contribution in [2.24, 2.45) is 0 Å². The summed E-state index contributed by atoms with van der Waals surface area (Å²) in [6.07, 6.45) is 0.248. The molecule has 0 aromatic heterocycles. The van der Waals surface area contributed by atoms with Crippen LogP contribution in [0.1, 0.15) is 36.1 Å². The number of aryl methyl sites for hydroxylation is 2. The molecule has 0 aliphatic rings. The lowest BCUT2D eigenvalue weighted by atomic mass is 10.0. The van der Waals surface area contributed by atoms with Crippen LogP contribution in [0.25, 0.3) is 0 Å². The molecule has 1 N–H and O–H groups in total. The Bertz CT molecular complexity index is 932. The lowest BCUT2D eigenvalue weighted by Gasteiger charge is -2.20. The largest absolute Gasteiger partial charge is 0.326 e. The Morgan fingerprint density at radius 1 is 1.00 bits per heavy atom. The quantitative estimate of drug-likeness (QED) is 0.784. The van der Waals surface area contributed by atoms with Crippen LogP contribution in [0.15, 0.2) is 41.3 Å². The van der Waals surface area contributed by atoms with Gasteiger partial charge in [-0.15, -0.1) is 0 Å². The summed E-state index contributed by atoms with van der Waals surface area (Å²) in [5.41, 5.74) is 4.25. The van der Waals surface area contributed by atoms with E-state index < -0.39 is 10.0 Å². The van der Waals surface area contributed by atoms with Crippen molar-refractivity contribution in [2.75, 3.05) is 18.4 Å². The van der Waals surface area contributed by atoms with Gasteiger partial charge in [0.1, 0.15) is 0 Å². The average molecular weight is 389 g/mol. The number of nitrogens with one attached hydrogen (secondary N) is 1. The van der Waals surface area contributed by atoms with Crippen LogP contribution in [0, 0.1) is 20.8 Å². The minimum atomic E-state index is -3.58. The number of rotatable bonds is 7. The Kier molecular flexibility index (Phi) is 6.78. The van der Waals surface area contributed by atoms with Gasteiger partial charge in [-0.25, -0.2) is 8.42 Å². The van der Waals surface area contributed by atoms with Crippen molar-refractivity contribution in [3.05, 3.63) is 58.7 Å². The van der Waals surface area contributed by atoms with E-state index in [9.17, 15) is 13.2 Å². The Hall–Kier alpha value is -2.18. The summed E-state index contributed by atoms with van der Waals surface area (Å²) in [6, 6.07) is 11.0. The van der Waals surface area contributed by atoms with Crippen LogP contribution in [0.5, 0.6) is 0 Å². The van der Waals surface area contributed by atoms with E-state index in [0.717, 1.165) is 22.3 Å². The molecule has 0 radical (unpaired) electrons. The normalized spacial score (nSPS) is 11.6. The van der Waals surface area contributed by atoms with E-state index in [1.165, 1.54) is 4.31 Å². The summed E-state index contributed by atoms with van der Waals surface area (Å²) in [5, 5.41) is 2.89. The van der Waals surface area contributed by atoms with Crippen molar-refractivity contribution >= 4 is 21.6 Å². The molecular weight excluding hydrogens is 360 g/mol. The topological polar surface area (TPSA) is 66.5 Å². The molecular formula is C21H28N2O3S. The van der Waals surface area contributed by atoms with Crippen LogP contribution in [0.4, 0.5) is 5.69 Å². The number of carbonyl (C=O) groups excluding carboxylic acids is 1. The molecule has 0 heterocycles. The SMILES string of the molecule is CCN(CC)S(=O)(=O)c1cc(C)c(C)c(NC(=O)Cc2ccccc2C)c1. The first-order chi connectivity index (χ1) is 12.7. The molecule has 0 bridgehead atoms. The van der Waals surface area contributed by atoms with Gasteiger partial charge in [0.15, 0.2) is 0 Å². The summed E-state index contributed by atoms with van der Waals surface area (Å²) in [4.78, 5) is 12.7. The average Bonchev–Trinajstić information content (AvgIpc) is 2.61. The van der Waals surface area contributed by atoms with Gasteiger partial charge in [0.2, 0.25) is 15.9 Å². The summed E-state index contributed by atoms with van der Waals surface area (Å²) in [6.45, 7) is 10.1. The number of carbonyl (C=O) groups is 1. The van der Waals surface area contributed by atoms with Crippen LogP contribution >= 0.6 is 0 Å². The predicted octanol–water partition coefficient (Wildman–Crippen LogP) is 3.82. The molecule has 0 spiro atoms. The maximum atomic E-state index is 12.8. The molecule has 0 aliphatic carbocycles. The van der Waals surface area contributed by atoms with Gasteiger partial charge in [0.05, 0.1) is 11.3 Å². The number of nitrogens with zero attached hydrogens (tertiary/aromatic N) is 1. The molecule has 1 amide bonds. The molecule has 5 nitrogen and oxygen atoms in total. The number of sulfonamides is 1. The highest BCUT2D eigenvalue weighted by Crippen LogP contribution is 2.26. The van der Waals surface area contributed by atoms with Crippen molar-refractivity contribution in [2.45, 2.75) is 45.9 Å². The molecule has 2 aromatic carbocycles. The van der Waals surface area contributed by atoms with E-state index in [4.69, 9.17) is 0 Å². The molecule has 146 valence electrons. The van der Waals surface area contributed by atoms with Crippen molar-refractivity contribution < 1.29 is 13.2 Å². The van der Waals surface area contributed by atoms with Gasteiger partial charge in [-0.1, -0.05) is 38.1 Å². The smallest absolute Gasteiger partial charge is 0.243 e. The van der Waals surface area contributed by atoms with Crippen LogP contribution in [-0.2, 0) is 21.2 Å². The Labute approximate surface area is 162 Å². The molecule has 0 fully saturated rings. The third-order valence-corrected chi connectivity index (χ3v) is 6.90. The lowest BCUT2D eigenvalue weighted by Crippen LogP contribution is -2.30. The van der Waals surface area contributed by atoms with E-state index in [0.29, 0.717) is 18.8 Å². The monoisotopic (exact) mass is 388 g/mol. The number of hydrogen-bond acceptors (Lipinski definition) is 3. The standard InChI is InChI=1S/C21H28N2O3S/c1-6-23(7-2)27(25,26)19-12-16(4)17(5)20(14-19)22-21(24)13-18-11-9-8-10-15(18)3/h8-12,14H,6-7,13H2,1-5H3,(H,22,24). The zero-order valence-corrected chi connectivity index (χ0v) is 17.5. The lowest BCUT2D eigenvalue weighted by molar-refractivity contribution is -0.115. The number of anilines is 1. The number of hydrogen-bond donors (Lipinski definition) is 1. The fourth-order valence-electron chi connectivity index (χ4n) is 2.99. The van der Waals surface area contributed by atoms with E-state index in [1.54, 1.807) is 12.1 Å². The molecule has 0 unspecified atom stereocenters. The zero-order chi connectivity index (χ0) is 20.2. The molecule has 27 heavy (non-hydrogen) atoms. The highest BCUT2D eigenvalue weighted by atomic mass is 32.2. The number of benzene rings is 2. The fraction of sp³-hybridized carbons (Fsp3) is 0.381. The molecule has 2 aromatic rings. The first kappa shape index (κ1) is 21.1. The van der Waals surface area contributed by atoms with E-state index in [1.807, 2.05) is 58.9 Å².